The van der Waals surface area contributed by atoms with Crippen LogP contribution >= 0.6 is 0 Å². The van der Waals surface area contributed by atoms with Crippen LogP contribution in [0.4, 0.5) is 0 Å². The van der Waals surface area contributed by atoms with E-state index in [9.17, 15) is 0 Å². The van der Waals surface area contributed by atoms with E-state index in [2.05, 4.69) is 46.9 Å². The topological polar surface area (TPSA) is 17.8 Å². The number of aromatic nitrogens is 2. The second-order valence-electron chi connectivity index (χ2n) is 3.67. The molecule has 2 heteroatoms. The first-order valence-electron chi connectivity index (χ1n) is 4.78. The predicted molar refractivity (Wildman–Crippen MR) is 57.2 cm³/mol. The number of imidazole rings is 1. The van der Waals surface area contributed by atoms with E-state index >= 15 is 0 Å². The Morgan fingerprint density at radius 2 is 1.86 bits per heavy atom. The highest BCUT2D eigenvalue weighted by Gasteiger charge is 1.95. The van der Waals surface area contributed by atoms with Gasteiger partial charge in [0, 0.05) is 12.7 Å². The number of hydrogen-bond donors (Lipinski definition) is 0. The summed E-state index contributed by atoms with van der Waals surface area (Å²) in [4.78, 5) is 4.19. The van der Waals surface area contributed by atoms with Gasteiger partial charge in [-0.15, -0.1) is 0 Å². The van der Waals surface area contributed by atoms with E-state index in [0.717, 1.165) is 12.2 Å². The Labute approximate surface area is 84.2 Å². The van der Waals surface area contributed by atoms with E-state index in [-0.39, 0.29) is 0 Å². The maximum Gasteiger partial charge on any atom is 0.0952 e. The molecule has 0 saturated heterocycles. The Kier molecular flexibility index (Phi) is 2.35. The van der Waals surface area contributed by atoms with Gasteiger partial charge >= 0.3 is 0 Å². The fourth-order valence-corrected chi connectivity index (χ4v) is 1.46. The molecule has 1 heterocycles. The lowest BCUT2D eigenvalue weighted by atomic mass is 10.1. The number of rotatable bonds is 2. The number of nitrogens with zero attached hydrogens (tertiary/aromatic N) is 2. The molecular weight excluding hydrogens is 172 g/mol. The van der Waals surface area contributed by atoms with Crippen molar-refractivity contribution in [2.45, 2.75) is 20.4 Å². The third-order valence-electron chi connectivity index (χ3n) is 2.25. The highest BCUT2D eigenvalue weighted by atomic mass is 15.0. The molecule has 2 nitrogen and oxygen atoms in total. The zero-order chi connectivity index (χ0) is 9.97. The molecule has 0 N–H and O–H groups in total. The largest absolute Gasteiger partial charge is 0.333 e. The molecule has 0 fully saturated rings. The van der Waals surface area contributed by atoms with Crippen molar-refractivity contribution in [3.05, 3.63) is 53.6 Å². The lowest BCUT2D eigenvalue weighted by Gasteiger charge is -2.02. The van der Waals surface area contributed by atoms with Gasteiger partial charge in [-0.1, -0.05) is 29.8 Å². The van der Waals surface area contributed by atoms with Gasteiger partial charge in [0.05, 0.1) is 12.0 Å². The third-order valence-corrected chi connectivity index (χ3v) is 2.25. The average molecular weight is 186 g/mol. The minimum Gasteiger partial charge on any atom is -0.333 e. The molecule has 0 unspecified atom stereocenters. The zero-order valence-electron chi connectivity index (χ0n) is 8.57. The first-order valence-corrected chi connectivity index (χ1v) is 4.78. The average Bonchev–Trinajstić information content (AvgIpc) is 2.56. The number of aryl methyl sites for hydroxylation is 2. The van der Waals surface area contributed by atoms with Gasteiger partial charge in [0.15, 0.2) is 0 Å². The lowest BCUT2D eigenvalue weighted by Crippen LogP contribution is -1.95. The molecular formula is C12H14N2. The molecule has 0 aliphatic rings. The van der Waals surface area contributed by atoms with Gasteiger partial charge in [0.25, 0.3) is 0 Å². The molecule has 0 saturated carbocycles. The van der Waals surface area contributed by atoms with Crippen LogP contribution in [0.5, 0.6) is 0 Å². The van der Waals surface area contributed by atoms with Crippen LogP contribution in [-0.2, 0) is 6.54 Å². The second-order valence-corrected chi connectivity index (χ2v) is 3.67. The van der Waals surface area contributed by atoms with E-state index < -0.39 is 0 Å². The monoisotopic (exact) mass is 186 g/mol. The van der Waals surface area contributed by atoms with Crippen LogP contribution in [0.15, 0.2) is 36.8 Å². The first-order chi connectivity index (χ1) is 6.74. The molecule has 1 aromatic carbocycles. The number of hydrogen-bond acceptors (Lipinski definition) is 1. The fraction of sp³-hybridized carbons (Fsp3) is 0.250. The predicted octanol–water partition coefficient (Wildman–Crippen LogP) is 2.55. The molecule has 0 spiro atoms. The van der Waals surface area contributed by atoms with Crippen molar-refractivity contribution >= 4 is 0 Å². The quantitative estimate of drug-likeness (QED) is 0.704. The zero-order valence-corrected chi connectivity index (χ0v) is 8.57. The molecule has 0 amide bonds. The van der Waals surface area contributed by atoms with Gasteiger partial charge in [-0.2, -0.15) is 0 Å². The summed E-state index contributed by atoms with van der Waals surface area (Å²) in [6, 6.07) is 8.59. The van der Waals surface area contributed by atoms with Crippen molar-refractivity contribution in [1.82, 2.24) is 9.55 Å². The minimum atomic E-state index is 0.904. The minimum absolute atomic E-state index is 0.904. The summed E-state index contributed by atoms with van der Waals surface area (Å²) in [5, 5.41) is 0. The summed E-state index contributed by atoms with van der Waals surface area (Å²) >= 11 is 0. The molecule has 0 aliphatic carbocycles. The van der Waals surface area contributed by atoms with Gasteiger partial charge in [-0.25, -0.2) is 4.98 Å². The molecule has 72 valence electrons. The molecule has 0 bridgehead atoms. The van der Waals surface area contributed by atoms with Crippen molar-refractivity contribution < 1.29 is 0 Å². The number of benzene rings is 1. The van der Waals surface area contributed by atoms with Gasteiger partial charge in [-0.05, 0) is 19.4 Å². The Bertz CT molecular complexity index is 412. The maximum absolute atomic E-state index is 4.19. The van der Waals surface area contributed by atoms with Crippen LogP contribution in [0.25, 0.3) is 0 Å². The van der Waals surface area contributed by atoms with E-state index in [1.54, 1.807) is 0 Å². The van der Waals surface area contributed by atoms with Crippen LogP contribution in [0.1, 0.15) is 16.8 Å². The van der Waals surface area contributed by atoms with Crippen LogP contribution in [0.2, 0.25) is 0 Å². The molecule has 0 radical (unpaired) electrons. The smallest absolute Gasteiger partial charge is 0.0952 e. The third kappa shape index (κ3) is 2.02. The Morgan fingerprint density at radius 1 is 1.14 bits per heavy atom. The summed E-state index contributed by atoms with van der Waals surface area (Å²) in [7, 11) is 0. The van der Waals surface area contributed by atoms with Crippen molar-refractivity contribution in [3.63, 3.8) is 0 Å². The first kappa shape index (κ1) is 9.00. The van der Waals surface area contributed by atoms with Crippen LogP contribution in [0, 0.1) is 13.8 Å². The summed E-state index contributed by atoms with van der Waals surface area (Å²) in [6.45, 7) is 5.01. The van der Waals surface area contributed by atoms with Gasteiger partial charge in [0.1, 0.15) is 0 Å². The lowest BCUT2D eigenvalue weighted by molar-refractivity contribution is 0.796. The normalized spacial score (nSPS) is 10.4. The summed E-state index contributed by atoms with van der Waals surface area (Å²) in [5.74, 6) is 0. The van der Waals surface area contributed by atoms with E-state index in [1.165, 1.54) is 11.1 Å². The Hall–Kier alpha value is -1.57. The van der Waals surface area contributed by atoms with Crippen molar-refractivity contribution in [2.75, 3.05) is 0 Å². The van der Waals surface area contributed by atoms with Gasteiger partial charge in [-0.3, -0.25) is 0 Å². The summed E-state index contributed by atoms with van der Waals surface area (Å²) in [5.41, 5.74) is 3.68. The van der Waals surface area contributed by atoms with E-state index in [4.69, 9.17) is 0 Å². The summed E-state index contributed by atoms with van der Waals surface area (Å²) in [6.07, 6.45) is 3.93. The highest BCUT2D eigenvalue weighted by Crippen LogP contribution is 2.05. The highest BCUT2D eigenvalue weighted by molar-refractivity contribution is 5.21. The van der Waals surface area contributed by atoms with Crippen LogP contribution < -0.4 is 0 Å². The Balaban J connectivity index is 2.15. The molecule has 0 aliphatic heterocycles. The standard InChI is InChI=1S/C12H14N2/c1-10-3-5-12(6-4-10)8-14-7-11(2)13-9-14/h3-7,9H,8H2,1-2H3. The Morgan fingerprint density at radius 3 is 2.43 bits per heavy atom. The molecule has 2 rings (SSSR count). The molecule has 1 aromatic heterocycles. The molecule has 14 heavy (non-hydrogen) atoms. The van der Waals surface area contributed by atoms with E-state index in [1.807, 2.05) is 13.3 Å². The van der Waals surface area contributed by atoms with E-state index in [0.29, 0.717) is 0 Å². The fourth-order valence-electron chi connectivity index (χ4n) is 1.46. The second kappa shape index (κ2) is 3.66. The molecule has 0 atom stereocenters. The summed E-state index contributed by atoms with van der Waals surface area (Å²) < 4.78 is 2.10. The van der Waals surface area contributed by atoms with Crippen molar-refractivity contribution in [3.8, 4) is 0 Å². The SMILES string of the molecule is Cc1ccc(Cn2cnc(C)c2)cc1. The maximum atomic E-state index is 4.19. The van der Waals surface area contributed by atoms with Gasteiger partial charge in [0.2, 0.25) is 0 Å². The van der Waals surface area contributed by atoms with Crippen molar-refractivity contribution in [1.29, 1.82) is 0 Å². The van der Waals surface area contributed by atoms with Gasteiger partial charge < -0.3 is 4.57 Å². The molecule has 2 aromatic rings. The van der Waals surface area contributed by atoms with Crippen LogP contribution in [0.3, 0.4) is 0 Å². The van der Waals surface area contributed by atoms with Crippen LogP contribution in [-0.4, -0.2) is 9.55 Å². The van der Waals surface area contributed by atoms with Crippen molar-refractivity contribution in [2.24, 2.45) is 0 Å².